The Bertz CT molecular complexity index is 570. The molecule has 1 amide bonds. The second-order valence-corrected chi connectivity index (χ2v) is 5.08. The van der Waals surface area contributed by atoms with E-state index in [-0.39, 0.29) is 11.4 Å². The molecule has 5 nitrogen and oxygen atoms in total. The highest BCUT2D eigenvalue weighted by Gasteiger charge is 2.34. The van der Waals surface area contributed by atoms with Gasteiger partial charge in [0.1, 0.15) is 5.75 Å². The number of rotatable bonds is 3. The number of carboxylic acids is 1. The minimum Gasteiger partial charge on any atom is -0.506 e. The SMILES string of the molecule is O=C(O)[C@H]1CC=CC[C@@H]1C(=O)Nc1cc(Cl)ccc1O. The number of amides is 1. The largest absolute Gasteiger partial charge is 0.506 e. The minimum atomic E-state index is -0.996. The number of allylic oxidation sites excluding steroid dienone is 2. The van der Waals surface area contributed by atoms with E-state index in [1.54, 1.807) is 12.2 Å². The van der Waals surface area contributed by atoms with Crippen LogP contribution in [-0.4, -0.2) is 22.1 Å². The zero-order chi connectivity index (χ0) is 14.7. The van der Waals surface area contributed by atoms with E-state index in [2.05, 4.69) is 5.32 Å². The third kappa shape index (κ3) is 3.11. The van der Waals surface area contributed by atoms with E-state index in [4.69, 9.17) is 16.7 Å². The van der Waals surface area contributed by atoms with Crippen molar-refractivity contribution in [1.29, 1.82) is 0 Å². The van der Waals surface area contributed by atoms with Gasteiger partial charge in [0.15, 0.2) is 0 Å². The first kappa shape index (κ1) is 14.4. The van der Waals surface area contributed by atoms with E-state index in [0.29, 0.717) is 17.9 Å². The number of benzene rings is 1. The van der Waals surface area contributed by atoms with Gasteiger partial charge in [0.2, 0.25) is 5.91 Å². The van der Waals surface area contributed by atoms with E-state index in [1.807, 2.05) is 0 Å². The van der Waals surface area contributed by atoms with Crippen LogP contribution in [-0.2, 0) is 9.59 Å². The molecule has 0 unspecified atom stereocenters. The Kier molecular flexibility index (Phi) is 4.29. The van der Waals surface area contributed by atoms with Gasteiger partial charge in [-0.2, -0.15) is 0 Å². The highest BCUT2D eigenvalue weighted by Crippen LogP contribution is 2.30. The maximum absolute atomic E-state index is 12.2. The number of aliphatic carboxylic acids is 1. The smallest absolute Gasteiger partial charge is 0.307 e. The van der Waals surface area contributed by atoms with Gasteiger partial charge >= 0.3 is 5.97 Å². The first-order valence-electron chi connectivity index (χ1n) is 6.16. The Balaban J connectivity index is 2.16. The normalized spacial score (nSPS) is 21.4. The van der Waals surface area contributed by atoms with Crippen LogP contribution in [0.15, 0.2) is 30.4 Å². The Hall–Kier alpha value is -2.01. The van der Waals surface area contributed by atoms with Crippen molar-refractivity contribution < 1.29 is 19.8 Å². The summed E-state index contributed by atoms with van der Waals surface area (Å²) in [5, 5.41) is 21.7. The topological polar surface area (TPSA) is 86.6 Å². The molecule has 0 heterocycles. The number of carbonyl (C=O) groups excluding carboxylic acids is 1. The molecule has 106 valence electrons. The van der Waals surface area contributed by atoms with Gasteiger partial charge in [-0.25, -0.2) is 0 Å². The number of hydrogen-bond donors (Lipinski definition) is 3. The van der Waals surface area contributed by atoms with Crippen molar-refractivity contribution in [3.63, 3.8) is 0 Å². The van der Waals surface area contributed by atoms with Gasteiger partial charge in [-0.15, -0.1) is 0 Å². The molecule has 1 aromatic rings. The summed E-state index contributed by atoms with van der Waals surface area (Å²) in [6, 6.07) is 4.28. The van der Waals surface area contributed by atoms with Gasteiger partial charge in [0.25, 0.3) is 0 Å². The van der Waals surface area contributed by atoms with E-state index in [1.165, 1.54) is 18.2 Å². The van der Waals surface area contributed by atoms with Crippen molar-refractivity contribution in [2.45, 2.75) is 12.8 Å². The maximum atomic E-state index is 12.2. The number of phenolic OH excluding ortho intramolecular Hbond substituents is 1. The van der Waals surface area contributed by atoms with E-state index in [9.17, 15) is 14.7 Å². The fourth-order valence-electron chi connectivity index (χ4n) is 2.21. The minimum absolute atomic E-state index is 0.110. The molecule has 0 radical (unpaired) electrons. The van der Waals surface area contributed by atoms with Crippen LogP contribution in [0.2, 0.25) is 5.02 Å². The zero-order valence-corrected chi connectivity index (χ0v) is 11.3. The molecule has 2 rings (SSSR count). The maximum Gasteiger partial charge on any atom is 0.307 e. The summed E-state index contributed by atoms with van der Waals surface area (Å²) in [5.74, 6) is -2.94. The third-order valence-corrected chi connectivity index (χ3v) is 3.54. The molecule has 0 saturated heterocycles. The van der Waals surface area contributed by atoms with Crippen molar-refractivity contribution in [2.75, 3.05) is 5.32 Å². The van der Waals surface area contributed by atoms with Crippen LogP contribution < -0.4 is 5.32 Å². The second-order valence-electron chi connectivity index (χ2n) is 4.64. The van der Waals surface area contributed by atoms with E-state index in [0.717, 1.165) is 0 Å². The first-order valence-corrected chi connectivity index (χ1v) is 6.54. The van der Waals surface area contributed by atoms with Gasteiger partial charge in [0.05, 0.1) is 17.5 Å². The number of aromatic hydroxyl groups is 1. The van der Waals surface area contributed by atoms with Gasteiger partial charge < -0.3 is 15.5 Å². The number of nitrogens with one attached hydrogen (secondary N) is 1. The molecule has 0 aromatic heterocycles. The Morgan fingerprint density at radius 1 is 1.20 bits per heavy atom. The average molecular weight is 296 g/mol. The highest BCUT2D eigenvalue weighted by atomic mass is 35.5. The van der Waals surface area contributed by atoms with Gasteiger partial charge in [-0.05, 0) is 31.0 Å². The molecule has 1 aliphatic rings. The molecule has 1 aromatic carbocycles. The number of carboxylic acid groups (broad SMARTS) is 1. The van der Waals surface area contributed by atoms with Crippen LogP contribution >= 0.6 is 11.6 Å². The van der Waals surface area contributed by atoms with Crippen LogP contribution in [0.25, 0.3) is 0 Å². The Labute approximate surface area is 120 Å². The molecule has 20 heavy (non-hydrogen) atoms. The standard InChI is InChI=1S/C14H14ClNO4/c15-8-5-6-12(17)11(7-8)16-13(18)9-3-1-2-4-10(9)14(19)20/h1-2,5-7,9-10,17H,3-4H2,(H,16,18)(H,19,20)/t9-,10-/m0/s1. The zero-order valence-electron chi connectivity index (χ0n) is 10.5. The third-order valence-electron chi connectivity index (χ3n) is 3.30. The van der Waals surface area contributed by atoms with Crippen molar-refractivity contribution in [1.82, 2.24) is 0 Å². The number of anilines is 1. The first-order chi connectivity index (χ1) is 9.49. The lowest BCUT2D eigenvalue weighted by atomic mass is 9.82. The monoisotopic (exact) mass is 295 g/mol. The van der Waals surface area contributed by atoms with Gasteiger partial charge in [-0.1, -0.05) is 23.8 Å². The lowest BCUT2D eigenvalue weighted by molar-refractivity contribution is -0.146. The van der Waals surface area contributed by atoms with Crippen LogP contribution in [0, 0.1) is 11.8 Å². The molecule has 0 fully saturated rings. The number of carbonyl (C=O) groups is 2. The number of phenols is 1. The lowest BCUT2D eigenvalue weighted by Crippen LogP contribution is -2.34. The quantitative estimate of drug-likeness (QED) is 0.591. The predicted molar refractivity (Wildman–Crippen MR) is 74.7 cm³/mol. The average Bonchev–Trinajstić information content (AvgIpc) is 2.42. The fraction of sp³-hybridized carbons (Fsp3) is 0.286. The summed E-state index contributed by atoms with van der Waals surface area (Å²) < 4.78 is 0. The van der Waals surface area contributed by atoms with Crippen LogP contribution in [0.4, 0.5) is 5.69 Å². The van der Waals surface area contributed by atoms with E-state index >= 15 is 0 Å². The van der Waals surface area contributed by atoms with Crippen LogP contribution in [0.5, 0.6) is 5.75 Å². The van der Waals surface area contributed by atoms with Gasteiger partial charge in [0, 0.05) is 5.02 Å². The molecule has 6 heteroatoms. The molecule has 0 bridgehead atoms. The van der Waals surface area contributed by atoms with Crippen LogP contribution in [0.3, 0.4) is 0 Å². The predicted octanol–water partition coefficient (Wildman–Crippen LogP) is 2.65. The molecule has 0 spiro atoms. The number of halogens is 1. The summed E-state index contributed by atoms with van der Waals surface area (Å²) in [7, 11) is 0. The van der Waals surface area contributed by atoms with Crippen molar-refractivity contribution >= 4 is 29.2 Å². The van der Waals surface area contributed by atoms with Crippen molar-refractivity contribution in [3.8, 4) is 5.75 Å². The Morgan fingerprint density at radius 2 is 1.85 bits per heavy atom. The summed E-state index contributed by atoms with van der Waals surface area (Å²) in [6.07, 6.45) is 4.25. The Morgan fingerprint density at radius 3 is 2.50 bits per heavy atom. The molecule has 1 aliphatic carbocycles. The second kappa shape index (κ2) is 5.96. The molecule has 3 N–H and O–H groups in total. The summed E-state index contributed by atoms with van der Waals surface area (Å²) in [6.45, 7) is 0. The van der Waals surface area contributed by atoms with E-state index < -0.39 is 23.7 Å². The summed E-state index contributed by atoms with van der Waals surface area (Å²) >= 11 is 5.80. The van der Waals surface area contributed by atoms with Crippen molar-refractivity contribution in [2.24, 2.45) is 11.8 Å². The van der Waals surface area contributed by atoms with Crippen LogP contribution in [0.1, 0.15) is 12.8 Å². The fourth-order valence-corrected chi connectivity index (χ4v) is 2.38. The van der Waals surface area contributed by atoms with Crippen molar-refractivity contribution in [3.05, 3.63) is 35.4 Å². The summed E-state index contributed by atoms with van der Waals surface area (Å²) in [5.41, 5.74) is 0.182. The number of hydrogen-bond acceptors (Lipinski definition) is 3. The molecular formula is C14H14ClNO4. The molecular weight excluding hydrogens is 282 g/mol. The molecule has 0 saturated carbocycles. The molecule has 2 atom stereocenters. The molecule has 0 aliphatic heterocycles. The highest BCUT2D eigenvalue weighted by molar-refractivity contribution is 6.31. The lowest BCUT2D eigenvalue weighted by Gasteiger charge is -2.24. The van der Waals surface area contributed by atoms with Gasteiger partial charge in [-0.3, -0.25) is 9.59 Å². The summed E-state index contributed by atoms with van der Waals surface area (Å²) in [4.78, 5) is 23.3.